The molecule has 1 aromatic rings. The van der Waals surface area contributed by atoms with E-state index in [-0.39, 0.29) is 0 Å². The monoisotopic (exact) mass is 227 g/mol. The van der Waals surface area contributed by atoms with Gasteiger partial charge in [0, 0.05) is 0 Å². The summed E-state index contributed by atoms with van der Waals surface area (Å²) in [5.74, 6) is -2.21. The number of piperidine rings is 1. The Kier molecular flexibility index (Phi) is 3.39. The largest absolute Gasteiger partial charge is 0.505 e. The molecule has 1 aliphatic heterocycles. The molecule has 16 heavy (non-hydrogen) atoms. The van der Waals surface area contributed by atoms with E-state index >= 15 is 0 Å². The molecule has 0 amide bonds. The van der Waals surface area contributed by atoms with Gasteiger partial charge in [0.05, 0.1) is 0 Å². The van der Waals surface area contributed by atoms with E-state index in [1.165, 1.54) is 6.07 Å². The van der Waals surface area contributed by atoms with Crippen molar-refractivity contribution < 1.29 is 13.9 Å². The lowest BCUT2D eigenvalue weighted by molar-refractivity contribution is 0.358. The molecule has 1 aliphatic rings. The van der Waals surface area contributed by atoms with Gasteiger partial charge in [-0.2, -0.15) is 4.39 Å². The van der Waals surface area contributed by atoms with Crippen molar-refractivity contribution in [2.45, 2.75) is 19.3 Å². The Hall–Kier alpha value is -1.16. The molecule has 0 saturated carbocycles. The van der Waals surface area contributed by atoms with Crippen molar-refractivity contribution in [1.29, 1.82) is 0 Å². The summed E-state index contributed by atoms with van der Waals surface area (Å²) in [5, 5.41) is 12.7. The minimum absolute atomic E-state index is 0.442. The van der Waals surface area contributed by atoms with Crippen LogP contribution in [0, 0.1) is 17.6 Å². The second-order valence-corrected chi connectivity index (χ2v) is 4.27. The molecule has 1 aromatic carbocycles. The van der Waals surface area contributed by atoms with E-state index in [1.807, 2.05) is 0 Å². The Morgan fingerprint density at radius 2 is 1.94 bits per heavy atom. The quantitative estimate of drug-likeness (QED) is 0.812. The van der Waals surface area contributed by atoms with E-state index in [2.05, 4.69) is 5.32 Å². The van der Waals surface area contributed by atoms with Crippen LogP contribution in [0.25, 0.3) is 0 Å². The van der Waals surface area contributed by atoms with E-state index in [9.17, 15) is 13.9 Å². The van der Waals surface area contributed by atoms with Gasteiger partial charge in [0.15, 0.2) is 11.6 Å². The maximum absolute atomic E-state index is 13.1. The van der Waals surface area contributed by atoms with Crippen molar-refractivity contribution in [1.82, 2.24) is 5.32 Å². The molecule has 0 atom stereocenters. The summed E-state index contributed by atoms with van der Waals surface area (Å²) in [7, 11) is 0. The number of halogens is 2. The molecule has 2 rings (SSSR count). The third-order valence-electron chi connectivity index (χ3n) is 3.12. The van der Waals surface area contributed by atoms with Crippen LogP contribution in [-0.2, 0) is 6.42 Å². The molecular weight excluding hydrogens is 212 g/mol. The molecule has 0 aromatic heterocycles. The van der Waals surface area contributed by atoms with E-state index < -0.39 is 17.4 Å². The molecule has 0 radical (unpaired) electrons. The fourth-order valence-corrected chi connectivity index (χ4v) is 2.14. The molecule has 0 aliphatic carbocycles. The first-order chi connectivity index (χ1) is 7.68. The lowest BCUT2D eigenvalue weighted by Crippen LogP contribution is -2.28. The SMILES string of the molecule is Oc1c(CC2CCNCC2)ccc(F)c1F. The first-order valence-corrected chi connectivity index (χ1v) is 5.55. The van der Waals surface area contributed by atoms with Gasteiger partial charge in [0.25, 0.3) is 0 Å². The highest BCUT2D eigenvalue weighted by Gasteiger charge is 2.18. The number of hydrogen-bond acceptors (Lipinski definition) is 2. The third kappa shape index (κ3) is 2.32. The highest BCUT2D eigenvalue weighted by molar-refractivity contribution is 5.34. The number of phenols is 1. The van der Waals surface area contributed by atoms with Crippen molar-refractivity contribution >= 4 is 0 Å². The van der Waals surface area contributed by atoms with Gasteiger partial charge in [-0.1, -0.05) is 6.07 Å². The molecule has 0 spiro atoms. The second-order valence-electron chi connectivity index (χ2n) is 4.27. The summed E-state index contributed by atoms with van der Waals surface area (Å²) < 4.78 is 25.9. The maximum atomic E-state index is 13.1. The zero-order valence-corrected chi connectivity index (χ0v) is 8.97. The van der Waals surface area contributed by atoms with Gasteiger partial charge in [0.2, 0.25) is 5.82 Å². The summed E-state index contributed by atoms with van der Waals surface area (Å²) in [6, 6.07) is 2.54. The van der Waals surface area contributed by atoms with E-state index in [4.69, 9.17) is 0 Å². The summed E-state index contributed by atoms with van der Waals surface area (Å²) in [4.78, 5) is 0. The van der Waals surface area contributed by atoms with Gasteiger partial charge in [-0.15, -0.1) is 0 Å². The number of nitrogens with one attached hydrogen (secondary N) is 1. The maximum Gasteiger partial charge on any atom is 0.200 e. The second kappa shape index (κ2) is 4.78. The molecule has 0 bridgehead atoms. The Morgan fingerprint density at radius 1 is 1.25 bits per heavy atom. The highest BCUT2D eigenvalue weighted by atomic mass is 19.2. The van der Waals surface area contributed by atoms with Gasteiger partial charge >= 0.3 is 0 Å². The highest BCUT2D eigenvalue weighted by Crippen LogP contribution is 2.28. The molecule has 1 heterocycles. The normalized spacial score (nSPS) is 17.6. The molecular formula is C12H15F2NO. The zero-order chi connectivity index (χ0) is 11.5. The average Bonchev–Trinajstić information content (AvgIpc) is 2.31. The van der Waals surface area contributed by atoms with Crippen LogP contribution in [0.5, 0.6) is 5.75 Å². The fourth-order valence-electron chi connectivity index (χ4n) is 2.14. The number of aromatic hydroxyl groups is 1. The van der Waals surface area contributed by atoms with Crippen molar-refractivity contribution in [3.05, 3.63) is 29.3 Å². The van der Waals surface area contributed by atoms with Crippen LogP contribution in [0.2, 0.25) is 0 Å². The van der Waals surface area contributed by atoms with Gasteiger partial charge in [-0.25, -0.2) is 4.39 Å². The van der Waals surface area contributed by atoms with E-state index in [0.717, 1.165) is 32.0 Å². The molecule has 88 valence electrons. The van der Waals surface area contributed by atoms with Gasteiger partial charge in [-0.3, -0.25) is 0 Å². The van der Waals surface area contributed by atoms with Gasteiger partial charge in [0.1, 0.15) is 0 Å². The van der Waals surface area contributed by atoms with Crippen LogP contribution in [0.4, 0.5) is 8.78 Å². The molecule has 2 nitrogen and oxygen atoms in total. The topological polar surface area (TPSA) is 32.3 Å². The van der Waals surface area contributed by atoms with Crippen molar-refractivity contribution in [3.8, 4) is 5.75 Å². The molecule has 2 N–H and O–H groups in total. The summed E-state index contributed by atoms with van der Waals surface area (Å²) in [5.41, 5.74) is 0.505. The first-order valence-electron chi connectivity index (χ1n) is 5.55. The van der Waals surface area contributed by atoms with Crippen LogP contribution >= 0.6 is 0 Å². The Labute approximate surface area is 93.3 Å². The van der Waals surface area contributed by atoms with E-state index in [0.29, 0.717) is 17.9 Å². The Bertz CT molecular complexity index is 376. The van der Waals surface area contributed by atoms with Crippen LogP contribution in [0.3, 0.4) is 0 Å². The zero-order valence-electron chi connectivity index (χ0n) is 8.97. The summed E-state index contributed by atoms with van der Waals surface area (Å²) >= 11 is 0. The molecule has 0 unspecified atom stereocenters. The standard InChI is InChI=1S/C12H15F2NO/c13-10-2-1-9(12(16)11(10)14)7-8-3-5-15-6-4-8/h1-2,8,15-16H,3-7H2. The van der Waals surface area contributed by atoms with Crippen molar-refractivity contribution in [2.24, 2.45) is 5.92 Å². The molecule has 1 fully saturated rings. The lowest BCUT2D eigenvalue weighted by atomic mass is 9.90. The molecule has 1 saturated heterocycles. The Morgan fingerprint density at radius 3 is 2.62 bits per heavy atom. The smallest absolute Gasteiger partial charge is 0.200 e. The van der Waals surface area contributed by atoms with Crippen molar-refractivity contribution in [2.75, 3.05) is 13.1 Å². The first kappa shape index (κ1) is 11.3. The minimum atomic E-state index is -1.13. The van der Waals surface area contributed by atoms with Crippen LogP contribution < -0.4 is 5.32 Å². The number of benzene rings is 1. The summed E-state index contributed by atoms with van der Waals surface area (Å²) in [6.07, 6.45) is 2.64. The van der Waals surface area contributed by atoms with E-state index in [1.54, 1.807) is 0 Å². The van der Waals surface area contributed by atoms with Crippen molar-refractivity contribution in [3.63, 3.8) is 0 Å². The van der Waals surface area contributed by atoms with Gasteiger partial charge < -0.3 is 10.4 Å². The number of phenolic OH excluding ortho intramolecular Hbond substituents is 1. The minimum Gasteiger partial charge on any atom is -0.505 e. The fraction of sp³-hybridized carbons (Fsp3) is 0.500. The van der Waals surface area contributed by atoms with Crippen LogP contribution in [-0.4, -0.2) is 18.2 Å². The predicted molar refractivity (Wildman–Crippen MR) is 57.3 cm³/mol. The predicted octanol–water partition coefficient (Wildman–Crippen LogP) is 2.21. The third-order valence-corrected chi connectivity index (χ3v) is 3.12. The number of hydrogen-bond donors (Lipinski definition) is 2. The molecule has 4 heteroatoms. The van der Waals surface area contributed by atoms with Crippen LogP contribution in [0.15, 0.2) is 12.1 Å². The Balaban J connectivity index is 2.11. The van der Waals surface area contributed by atoms with Gasteiger partial charge in [-0.05, 0) is 49.9 Å². The summed E-state index contributed by atoms with van der Waals surface area (Å²) in [6.45, 7) is 1.91. The van der Waals surface area contributed by atoms with Crippen LogP contribution in [0.1, 0.15) is 18.4 Å². The number of rotatable bonds is 2. The lowest BCUT2D eigenvalue weighted by Gasteiger charge is -2.22. The average molecular weight is 227 g/mol.